The van der Waals surface area contributed by atoms with Crippen LogP contribution in [0.2, 0.25) is 0 Å². The molecule has 1 unspecified atom stereocenters. The van der Waals surface area contributed by atoms with Crippen molar-refractivity contribution in [2.24, 2.45) is 5.41 Å². The van der Waals surface area contributed by atoms with Crippen molar-refractivity contribution in [1.82, 2.24) is 9.47 Å². The monoisotopic (exact) mass is 278 g/mol. The van der Waals surface area contributed by atoms with E-state index in [0.717, 1.165) is 12.2 Å². The Balaban J connectivity index is 2.15. The molecular weight excluding hydrogens is 256 g/mol. The Kier molecular flexibility index (Phi) is 3.63. The van der Waals surface area contributed by atoms with Gasteiger partial charge in [-0.2, -0.15) is 0 Å². The van der Waals surface area contributed by atoms with E-state index in [9.17, 15) is 9.59 Å². The van der Waals surface area contributed by atoms with Crippen LogP contribution in [0.4, 0.5) is 0 Å². The van der Waals surface area contributed by atoms with E-state index in [2.05, 4.69) is 17.6 Å². The van der Waals surface area contributed by atoms with Gasteiger partial charge in [0.05, 0.1) is 11.5 Å². The highest BCUT2D eigenvalue weighted by molar-refractivity contribution is 5.84. The Morgan fingerprint density at radius 3 is 2.60 bits per heavy atom. The van der Waals surface area contributed by atoms with Crippen molar-refractivity contribution >= 4 is 11.9 Å². The molecule has 1 aliphatic heterocycles. The van der Waals surface area contributed by atoms with Crippen molar-refractivity contribution in [1.29, 1.82) is 0 Å². The first-order valence-corrected chi connectivity index (χ1v) is 6.93. The van der Waals surface area contributed by atoms with E-state index in [1.165, 1.54) is 5.69 Å². The number of nitrogens with zero attached hydrogens (tertiary/aromatic N) is 2. The maximum absolute atomic E-state index is 12.4. The van der Waals surface area contributed by atoms with Crippen LogP contribution in [-0.4, -0.2) is 33.0 Å². The van der Waals surface area contributed by atoms with Gasteiger partial charge in [-0.05, 0) is 39.8 Å². The number of hydrogen-bond acceptors (Lipinski definition) is 2. The number of hydrogen-bond donors (Lipinski definition) is 1. The molecule has 0 spiro atoms. The van der Waals surface area contributed by atoms with Crippen LogP contribution in [0.15, 0.2) is 12.1 Å². The van der Waals surface area contributed by atoms with Crippen molar-refractivity contribution in [3.8, 4) is 0 Å². The first-order chi connectivity index (χ1) is 9.24. The summed E-state index contributed by atoms with van der Waals surface area (Å²) in [5.74, 6) is -1.02. The number of aromatic nitrogens is 1. The predicted molar refractivity (Wildman–Crippen MR) is 75.3 cm³/mol. The lowest BCUT2D eigenvalue weighted by molar-refractivity contribution is -0.152. The third-order valence-corrected chi connectivity index (χ3v) is 4.19. The molecule has 1 aliphatic rings. The van der Waals surface area contributed by atoms with Gasteiger partial charge in [0.25, 0.3) is 0 Å². The number of carbonyl (C=O) groups excluding carboxylic acids is 1. The molecule has 1 aromatic rings. The topological polar surface area (TPSA) is 62.5 Å². The van der Waals surface area contributed by atoms with E-state index in [1.54, 1.807) is 18.7 Å². The summed E-state index contributed by atoms with van der Waals surface area (Å²) >= 11 is 0. The predicted octanol–water partition coefficient (Wildman–Crippen LogP) is 2.20. The molecule has 0 saturated carbocycles. The summed E-state index contributed by atoms with van der Waals surface area (Å²) in [5, 5.41) is 9.14. The fourth-order valence-electron chi connectivity index (χ4n) is 2.72. The molecule has 5 heteroatoms. The zero-order valence-corrected chi connectivity index (χ0v) is 12.5. The summed E-state index contributed by atoms with van der Waals surface area (Å²) in [6.45, 7) is 8.65. The van der Waals surface area contributed by atoms with Gasteiger partial charge in [-0.1, -0.05) is 0 Å². The SMILES string of the molecule is Cc1ccc2n1CCN(C(=O)CC(C)(C)C(=O)O)C2C. The summed E-state index contributed by atoms with van der Waals surface area (Å²) in [4.78, 5) is 25.3. The molecule has 1 aromatic heterocycles. The van der Waals surface area contributed by atoms with Gasteiger partial charge in [-0.3, -0.25) is 9.59 Å². The van der Waals surface area contributed by atoms with Gasteiger partial charge in [0.15, 0.2) is 0 Å². The van der Waals surface area contributed by atoms with Crippen LogP contribution < -0.4 is 0 Å². The van der Waals surface area contributed by atoms with E-state index in [4.69, 9.17) is 5.11 Å². The highest BCUT2D eigenvalue weighted by Crippen LogP contribution is 2.30. The molecule has 0 aromatic carbocycles. The number of carboxylic acids is 1. The van der Waals surface area contributed by atoms with E-state index in [1.807, 2.05) is 13.0 Å². The summed E-state index contributed by atoms with van der Waals surface area (Å²) in [6, 6.07) is 4.09. The van der Waals surface area contributed by atoms with Crippen LogP contribution >= 0.6 is 0 Å². The Morgan fingerprint density at radius 1 is 1.35 bits per heavy atom. The van der Waals surface area contributed by atoms with Crippen LogP contribution in [0, 0.1) is 12.3 Å². The molecule has 110 valence electrons. The van der Waals surface area contributed by atoms with Gasteiger partial charge >= 0.3 is 5.97 Å². The smallest absolute Gasteiger partial charge is 0.309 e. The maximum atomic E-state index is 12.4. The lowest BCUT2D eigenvalue weighted by Crippen LogP contribution is -2.43. The van der Waals surface area contributed by atoms with E-state index >= 15 is 0 Å². The number of fused-ring (bicyclic) bond motifs is 1. The number of carboxylic acid groups (broad SMARTS) is 1. The Bertz CT molecular complexity index is 545. The molecule has 0 aliphatic carbocycles. The summed E-state index contributed by atoms with van der Waals surface area (Å²) < 4.78 is 2.22. The molecule has 2 heterocycles. The van der Waals surface area contributed by atoms with Crippen LogP contribution in [0.25, 0.3) is 0 Å². The van der Waals surface area contributed by atoms with Gasteiger partial charge in [0, 0.05) is 30.9 Å². The van der Waals surface area contributed by atoms with Crippen LogP contribution in [-0.2, 0) is 16.1 Å². The van der Waals surface area contributed by atoms with Crippen molar-refractivity contribution in [3.63, 3.8) is 0 Å². The first-order valence-electron chi connectivity index (χ1n) is 6.93. The summed E-state index contributed by atoms with van der Waals surface area (Å²) in [5.41, 5.74) is 1.30. The zero-order valence-electron chi connectivity index (χ0n) is 12.5. The minimum atomic E-state index is -1.02. The molecule has 0 radical (unpaired) electrons. The van der Waals surface area contributed by atoms with Crippen molar-refractivity contribution in [2.45, 2.75) is 46.7 Å². The number of rotatable bonds is 3. The molecule has 5 nitrogen and oxygen atoms in total. The van der Waals surface area contributed by atoms with Gasteiger partial charge in [0.2, 0.25) is 5.91 Å². The van der Waals surface area contributed by atoms with E-state index < -0.39 is 11.4 Å². The fraction of sp³-hybridized carbons (Fsp3) is 0.600. The number of aliphatic carboxylic acids is 1. The lowest BCUT2D eigenvalue weighted by atomic mass is 9.88. The van der Waals surface area contributed by atoms with Crippen LogP contribution in [0.5, 0.6) is 0 Å². The van der Waals surface area contributed by atoms with Gasteiger partial charge < -0.3 is 14.6 Å². The molecule has 1 amide bonds. The number of aryl methyl sites for hydroxylation is 1. The van der Waals surface area contributed by atoms with Crippen molar-refractivity contribution in [3.05, 3.63) is 23.5 Å². The van der Waals surface area contributed by atoms with Crippen molar-refractivity contribution in [2.75, 3.05) is 6.54 Å². The molecule has 1 atom stereocenters. The normalized spacial score (nSPS) is 18.8. The zero-order chi connectivity index (χ0) is 15.1. The number of amides is 1. The summed E-state index contributed by atoms with van der Waals surface area (Å²) in [7, 11) is 0. The van der Waals surface area contributed by atoms with Gasteiger partial charge in [-0.25, -0.2) is 0 Å². The average molecular weight is 278 g/mol. The van der Waals surface area contributed by atoms with E-state index in [0.29, 0.717) is 6.54 Å². The standard InChI is InChI=1S/C15H22N2O3/c1-10-5-6-12-11(2)17(8-7-16(10)12)13(18)9-15(3,4)14(19)20/h5-6,11H,7-9H2,1-4H3,(H,19,20). The number of carbonyl (C=O) groups is 2. The Labute approximate surface area is 119 Å². The lowest BCUT2D eigenvalue weighted by Gasteiger charge is -2.36. The van der Waals surface area contributed by atoms with E-state index in [-0.39, 0.29) is 18.4 Å². The second kappa shape index (κ2) is 4.96. The molecule has 1 N–H and O–H groups in total. The third kappa shape index (κ3) is 2.44. The second-order valence-electron chi connectivity index (χ2n) is 6.18. The minimum Gasteiger partial charge on any atom is -0.481 e. The molecular formula is C15H22N2O3. The highest BCUT2D eigenvalue weighted by Gasteiger charge is 2.35. The molecule has 0 bridgehead atoms. The Hall–Kier alpha value is -1.78. The molecule has 2 rings (SSSR count). The summed E-state index contributed by atoms with van der Waals surface area (Å²) in [6.07, 6.45) is 0.0341. The fourth-order valence-corrected chi connectivity index (χ4v) is 2.72. The Morgan fingerprint density at radius 2 is 2.00 bits per heavy atom. The van der Waals surface area contributed by atoms with Crippen molar-refractivity contribution < 1.29 is 14.7 Å². The minimum absolute atomic E-state index is 0.00505. The van der Waals surface area contributed by atoms with Gasteiger partial charge in [0.1, 0.15) is 0 Å². The first kappa shape index (κ1) is 14.6. The quantitative estimate of drug-likeness (QED) is 0.922. The second-order valence-corrected chi connectivity index (χ2v) is 6.18. The molecule has 0 fully saturated rings. The highest BCUT2D eigenvalue weighted by atomic mass is 16.4. The average Bonchev–Trinajstić information content (AvgIpc) is 2.71. The third-order valence-electron chi connectivity index (χ3n) is 4.19. The molecule has 20 heavy (non-hydrogen) atoms. The maximum Gasteiger partial charge on any atom is 0.309 e. The van der Waals surface area contributed by atoms with Gasteiger partial charge in [-0.15, -0.1) is 0 Å². The van der Waals surface area contributed by atoms with Crippen LogP contribution in [0.1, 0.15) is 44.6 Å². The molecule has 0 saturated heterocycles. The van der Waals surface area contributed by atoms with Crippen LogP contribution in [0.3, 0.4) is 0 Å². The largest absolute Gasteiger partial charge is 0.481 e.